The number of methoxy groups -OCH3 is 1. The summed E-state index contributed by atoms with van der Waals surface area (Å²) in [5.41, 5.74) is 0.552. The lowest BCUT2D eigenvalue weighted by molar-refractivity contribution is 0.0796. The van der Waals surface area contributed by atoms with Gasteiger partial charge in [0.1, 0.15) is 5.75 Å². The smallest absolute Gasteiger partial charge is 0.255 e. The third-order valence-corrected chi connectivity index (χ3v) is 5.21. The van der Waals surface area contributed by atoms with Crippen LogP contribution >= 0.6 is 0 Å². The Balaban J connectivity index is 1.75. The van der Waals surface area contributed by atoms with Gasteiger partial charge in [0.25, 0.3) is 5.91 Å². The second-order valence-electron chi connectivity index (χ2n) is 7.44. The van der Waals surface area contributed by atoms with Crippen LogP contribution in [0.15, 0.2) is 36.4 Å². The molecule has 2 aromatic carbocycles. The van der Waals surface area contributed by atoms with Crippen LogP contribution in [0, 0.1) is 0 Å². The van der Waals surface area contributed by atoms with Crippen molar-refractivity contribution in [2.24, 2.45) is 0 Å². The number of ether oxygens (including phenoxy) is 1. The Bertz CT molecular complexity index is 749. The van der Waals surface area contributed by atoms with Crippen molar-refractivity contribution in [1.29, 1.82) is 0 Å². The number of nitrogens with one attached hydrogen (secondary N) is 1. The Labute approximate surface area is 150 Å². The van der Waals surface area contributed by atoms with Gasteiger partial charge >= 0.3 is 0 Å². The van der Waals surface area contributed by atoms with Gasteiger partial charge in [0.2, 0.25) is 0 Å². The standard InChI is InChI=1S/C21H28N2O2/c1-21(2,23-11-7-4-8-12-23)15-22-20(24)18-13-16-9-5-6-10-17(16)14-19(18)25-3/h5-6,9-10,13-14H,4,7-8,11-12,15H2,1-3H3,(H,22,24). The summed E-state index contributed by atoms with van der Waals surface area (Å²) < 4.78 is 5.45. The first-order valence-electron chi connectivity index (χ1n) is 9.11. The molecule has 4 heteroatoms. The van der Waals surface area contributed by atoms with Crippen molar-refractivity contribution in [3.63, 3.8) is 0 Å². The molecule has 1 aliphatic heterocycles. The average Bonchev–Trinajstić information content (AvgIpc) is 2.65. The highest BCUT2D eigenvalue weighted by molar-refractivity contribution is 6.01. The molecule has 0 aromatic heterocycles. The van der Waals surface area contributed by atoms with Crippen LogP contribution in [0.4, 0.5) is 0 Å². The quantitative estimate of drug-likeness (QED) is 0.899. The van der Waals surface area contributed by atoms with Gasteiger partial charge in [-0.05, 0) is 62.7 Å². The van der Waals surface area contributed by atoms with Crippen molar-refractivity contribution in [3.05, 3.63) is 42.0 Å². The van der Waals surface area contributed by atoms with E-state index in [4.69, 9.17) is 4.74 Å². The molecule has 134 valence electrons. The van der Waals surface area contributed by atoms with E-state index in [9.17, 15) is 4.79 Å². The van der Waals surface area contributed by atoms with E-state index < -0.39 is 0 Å². The first-order chi connectivity index (χ1) is 12.0. The van der Waals surface area contributed by atoms with Gasteiger partial charge in [-0.25, -0.2) is 0 Å². The van der Waals surface area contributed by atoms with Gasteiger partial charge in [-0.2, -0.15) is 0 Å². The van der Waals surface area contributed by atoms with Crippen LogP contribution in [0.25, 0.3) is 10.8 Å². The topological polar surface area (TPSA) is 41.6 Å². The van der Waals surface area contributed by atoms with Gasteiger partial charge in [-0.15, -0.1) is 0 Å². The lowest BCUT2D eigenvalue weighted by Crippen LogP contribution is -2.53. The average molecular weight is 340 g/mol. The largest absolute Gasteiger partial charge is 0.496 e. The first-order valence-corrected chi connectivity index (χ1v) is 9.11. The van der Waals surface area contributed by atoms with Crippen molar-refractivity contribution >= 4 is 16.7 Å². The maximum absolute atomic E-state index is 12.8. The van der Waals surface area contributed by atoms with E-state index in [-0.39, 0.29) is 11.4 Å². The number of hydrogen-bond donors (Lipinski definition) is 1. The zero-order valence-corrected chi connectivity index (χ0v) is 15.5. The number of benzene rings is 2. The number of fused-ring (bicyclic) bond motifs is 1. The molecule has 25 heavy (non-hydrogen) atoms. The minimum absolute atomic E-state index is 0.0415. The molecule has 0 bridgehead atoms. The fourth-order valence-corrected chi connectivity index (χ4v) is 3.57. The SMILES string of the molecule is COc1cc2ccccc2cc1C(=O)NCC(C)(C)N1CCCCC1. The van der Waals surface area contributed by atoms with E-state index >= 15 is 0 Å². The molecule has 3 rings (SSSR count). The van der Waals surface area contributed by atoms with E-state index in [1.165, 1.54) is 19.3 Å². The van der Waals surface area contributed by atoms with E-state index in [0.29, 0.717) is 17.9 Å². The first kappa shape index (κ1) is 17.7. The van der Waals surface area contributed by atoms with Crippen LogP contribution in [0.2, 0.25) is 0 Å². The summed E-state index contributed by atoms with van der Waals surface area (Å²) >= 11 is 0. The van der Waals surface area contributed by atoms with Crippen LogP contribution in [-0.4, -0.2) is 43.1 Å². The molecule has 0 saturated carbocycles. The van der Waals surface area contributed by atoms with Gasteiger partial charge in [-0.3, -0.25) is 9.69 Å². The molecule has 0 unspecified atom stereocenters. The van der Waals surface area contributed by atoms with Gasteiger partial charge in [0.05, 0.1) is 12.7 Å². The third kappa shape index (κ3) is 3.96. The van der Waals surface area contributed by atoms with Crippen LogP contribution in [0.5, 0.6) is 5.75 Å². The molecule has 1 fully saturated rings. The summed E-state index contributed by atoms with van der Waals surface area (Å²) in [6.07, 6.45) is 3.80. The lowest BCUT2D eigenvalue weighted by Gasteiger charge is -2.41. The highest BCUT2D eigenvalue weighted by Gasteiger charge is 2.28. The molecule has 0 aliphatic carbocycles. The van der Waals surface area contributed by atoms with Crippen molar-refractivity contribution in [1.82, 2.24) is 10.2 Å². The van der Waals surface area contributed by atoms with Crippen molar-refractivity contribution in [2.75, 3.05) is 26.7 Å². The summed E-state index contributed by atoms with van der Waals surface area (Å²) in [6, 6.07) is 11.9. The molecular weight excluding hydrogens is 312 g/mol. The molecule has 1 saturated heterocycles. The van der Waals surface area contributed by atoms with E-state index in [0.717, 1.165) is 23.9 Å². The van der Waals surface area contributed by atoms with Gasteiger partial charge < -0.3 is 10.1 Å². The predicted octanol–water partition coefficient (Wildman–Crippen LogP) is 3.84. The number of carbonyl (C=O) groups excluding carboxylic acids is 1. The highest BCUT2D eigenvalue weighted by Crippen LogP contribution is 2.26. The molecule has 1 aliphatic rings. The molecule has 4 nitrogen and oxygen atoms in total. The predicted molar refractivity (Wildman–Crippen MR) is 102 cm³/mol. The van der Waals surface area contributed by atoms with Crippen molar-refractivity contribution in [2.45, 2.75) is 38.6 Å². The Kier molecular flexibility index (Phi) is 5.28. The van der Waals surface area contributed by atoms with Gasteiger partial charge in [0.15, 0.2) is 0 Å². The number of rotatable bonds is 5. The molecule has 1 N–H and O–H groups in total. The molecule has 1 amide bonds. The summed E-state index contributed by atoms with van der Waals surface area (Å²) in [4.78, 5) is 15.3. The van der Waals surface area contributed by atoms with Crippen molar-refractivity contribution < 1.29 is 9.53 Å². The van der Waals surface area contributed by atoms with E-state index in [1.54, 1.807) is 7.11 Å². The highest BCUT2D eigenvalue weighted by atomic mass is 16.5. The Hall–Kier alpha value is -2.07. The molecule has 1 heterocycles. The fraction of sp³-hybridized carbons (Fsp3) is 0.476. The van der Waals surface area contributed by atoms with Crippen molar-refractivity contribution in [3.8, 4) is 5.75 Å². The maximum Gasteiger partial charge on any atom is 0.255 e. The fourth-order valence-electron chi connectivity index (χ4n) is 3.57. The molecular formula is C21H28N2O2. The normalized spacial score (nSPS) is 16.0. The van der Waals surface area contributed by atoms with Crippen LogP contribution in [-0.2, 0) is 0 Å². The zero-order chi connectivity index (χ0) is 17.9. The lowest BCUT2D eigenvalue weighted by atomic mass is 9.98. The molecule has 0 radical (unpaired) electrons. The minimum Gasteiger partial charge on any atom is -0.496 e. The summed E-state index contributed by atoms with van der Waals surface area (Å²) in [5.74, 6) is 0.541. The maximum atomic E-state index is 12.8. The number of hydrogen-bond acceptors (Lipinski definition) is 3. The Morgan fingerprint density at radius 3 is 2.40 bits per heavy atom. The summed E-state index contributed by atoms with van der Waals surface area (Å²) in [7, 11) is 1.61. The second kappa shape index (κ2) is 7.44. The molecule has 2 aromatic rings. The van der Waals surface area contributed by atoms with Crippen LogP contribution in [0.1, 0.15) is 43.5 Å². The summed E-state index contributed by atoms with van der Waals surface area (Å²) in [6.45, 7) is 7.26. The number of carbonyl (C=O) groups is 1. The number of likely N-dealkylation sites (tertiary alicyclic amines) is 1. The van der Waals surface area contributed by atoms with Crippen LogP contribution in [0.3, 0.4) is 0 Å². The number of nitrogens with zero attached hydrogens (tertiary/aromatic N) is 1. The zero-order valence-electron chi connectivity index (χ0n) is 15.5. The minimum atomic E-state index is -0.0762. The molecule has 0 atom stereocenters. The Morgan fingerprint density at radius 1 is 1.12 bits per heavy atom. The van der Waals surface area contributed by atoms with E-state index in [1.807, 2.05) is 36.4 Å². The van der Waals surface area contributed by atoms with Gasteiger partial charge in [0, 0.05) is 12.1 Å². The number of amides is 1. The van der Waals surface area contributed by atoms with Crippen LogP contribution < -0.4 is 10.1 Å². The monoisotopic (exact) mass is 340 g/mol. The third-order valence-electron chi connectivity index (χ3n) is 5.21. The molecule has 0 spiro atoms. The van der Waals surface area contributed by atoms with Gasteiger partial charge in [-0.1, -0.05) is 30.7 Å². The van der Waals surface area contributed by atoms with E-state index in [2.05, 4.69) is 24.1 Å². The second-order valence-corrected chi connectivity index (χ2v) is 7.44. The Morgan fingerprint density at radius 2 is 1.76 bits per heavy atom. The number of piperidine rings is 1. The summed E-state index contributed by atoms with van der Waals surface area (Å²) in [5, 5.41) is 5.23.